The lowest BCUT2D eigenvalue weighted by atomic mass is 10.3. The number of hydrogen-bond donors (Lipinski definition) is 2. The highest BCUT2D eigenvalue weighted by Gasteiger charge is 2.26. The molecule has 6 heteroatoms. The summed E-state index contributed by atoms with van der Waals surface area (Å²) in [6.07, 6.45) is 7.56. The molecule has 0 aliphatic carbocycles. The molecule has 1 heterocycles. The van der Waals surface area contributed by atoms with Gasteiger partial charge in [-0.2, -0.15) is 0 Å². The van der Waals surface area contributed by atoms with Gasteiger partial charge in [0.1, 0.15) is 5.82 Å². The molecule has 2 N–H and O–H groups in total. The van der Waals surface area contributed by atoms with Gasteiger partial charge in [-0.05, 0) is 37.6 Å². The number of nitrogens with zero attached hydrogens (tertiary/aromatic N) is 1. The molecule has 0 aromatic heterocycles. The quantitative estimate of drug-likeness (QED) is 0.662. The van der Waals surface area contributed by atoms with Crippen LogP contribution in [-0.4, -0.2) is 36.0 Å². The van der Waals surface area contributed by atoms with Gasteiger partial charge in [0.15, 0.2) is 0 Å². The van der Waals surface area contributed by atoms with Crippen LogP contribution >= 0.6 is 0 Å². The summed E-state index contributed by atoms with van der Waals surface area (Å²) >= 11 is 0. The molecule has 1 saturated heterocycles. The summed E-state index contributed by atoms with van der Waals surface area (Å²) in [6.45, 7) is 2.97. The van der Waals surface area contributed by atoms with Crippen molar-refractivity contribution < 1.29 is 14.0 Å². The fourth-order valence-electron chi connectivity index (χ4n) is 2.32. The number of halogens is 1. The van der Waals surface area contributed by atoms with Crippen LogP contribution in [0.25, 0.3) is 0 Å². The van der Waals surface area contributed by atoms with Crippen molar-refractivity contribution in [1.29, 1.82) is 0 Å². The summed E-state index contributed by atoms with van der Waals surface area (Å²) < 4.78 is 12.8. The van der Waals surface area contributed by atoms with E-state index in [1.54, 1.807) is 17.1 Å². The number of rotatable bonds is 4. The number of urea groups is 1. The van der Waals surface area contributed by atoms with Gasteiger partial charge in [-0.3, -0.25) is 4.79 Å². The first-order valence-corrected chi connectivity index (χ1v) is 7.50. The monoisotopic (exact) mass is 317 g/mol. The molecule has 0 bridgehead atoms. The fraction of sp³-hybridized carbons (Fsp3) is 0.294. The maximum atomic E-state index is 12.8. The van der Waals surface area contributed by atoms with Crippen molar-refractivity contribution in [2.75, 3.05) is 18.4 Å². The molecule has 122 valence electrons. The topological polar surface area (TPSA) is 61.4 Å². The highest BCUT2D eigenvalue weighted by Crippen LogP contribution is 2.11. The number of allylic oxidation sites excluding steroid dienone is 3. The summed E-state index contributed by atoms with van der Waals surface area (Å²) in [4.78, 5) is 25.5. The first-order valence-electron chi connectivity index (χ1n) is 7.50. The lowest BCUT2D eigenvalue weighted by Gasteiger charge is -2.15. The van der Waals surface area contributed by atoms with Gasteiger partial charge in [-0.1, -0.05) is 18.2 Å². The maximum Gasteiger partial charge on any atom is 0.319 e. The number of nitrogens with one attached hydrogen (secondary N) is 2. The molecule has 2 rings (SSSR count). The lowest BCUT2D eigenvalue weighted by molar-refractivity contribution is -0.125. The minimum absolute atomic E-state index is 0.0636. The van der Waals surface area contributed by atoms with Crippen molar-refractivity contribution in [1.82, 2.24) is 10.2 Å². The highest BCUT2D eigenvalue weighted by molar-refractivity contribution is 5.90. The standard InChI is InChI=1S/C17H20FN3O2/c1-2-3-4-5-16(22)21-11-10-15(12-21)20-17(23)19-14-8-6-13(18)7-9-14/h2-9,15H,10-12H2,1H3,(H2,19,20,23)/b3-2+,5-4-/t15-/m1/s1. The molecule has 1 fully saturated rings. The third kappa shape index (κ3) is 5.25. The van der Waals surface area contributed by atoms with E-state index < -0.39 is 0 Å². The molecular formula is C17H20FN3O2. The van der Waals surface area contributed by atoms with E-state index in [9.17, 15) is 14.0 Å². The first kappa shape index (κ1) is 16.7. The lowest BCUT2D eigenvalue weighted by Crippen LogP contribution is -2.40. The Kier molecular flexibility index (Phi) is 5.91. The van der Waals surface area contributed by atoms with Gasteiger partial charge >= 0.3 is 6.03 Å². The summed E-state index contributed by atoms with van der Waals surface area (Å²) in [6, 6.07) is 5.09. The van der Waals surface area contributed by atoms with Gasteiger partial charge < -0.3 is 15.5 Å². The van der Waals surface area contributed by atoms with Gasteiger partial charge in [-0.15, -0.1) is 0 Å². The van der Waals surface area contributed by atoms with Crippen LogP contribution in [-0.2, 0) is 4.79 Å². The second-order valence-corrected chi connectivity index (χ2v) is 5.26. The fourth-order valence-corrected chi connectivity index (χ4v) is 2.32. The summed E-state index contributed by atoms with van der Waals surface area (Å²) in [5.41, 5.74) is 0.518. The second kappa shape index (κ2) is 8.12. The van der Waals surface area contributed by atoms with Crippen LogP contribution in [0.1, 0.15) is 13.3 Å². The van der Waals surface area contributed by atoms with E-state index in [1.807, 2.05) is 13.0 Å². The minimum atomic E-state index is -0.361. The molecular weight excluding hydrogens is 297 g/mol. The van der Waals surface area contributed by atoms with Crippen molar-refractivity contribution in [2.45, 2.75) is 19.4 Å². The highest BCUT2D eigenvalue weighted by atomic mass is 19.1. The van der Waals surface area contributed by atoms with E-state index in [-0.39, 0.29) is 23.8 Å². The average molecular weight is 317 g/mol. The number of benzene rings is 1. The first-order chi connectivity index (χ1) is 11.1. The number of amides is 3. The van der Waals surface area contributed by atoms with Crippen LogP contribution < -0.4 is 10.6 Å². The molecule has 23 heavy (non-hydrogen) atoms. The van der Waals surface area contributed by atoms with E-state index in [4.69, 9.17) is 0 Å². The second-order valence-electron chi connectivity index (χ2n) is 5.26. The molecule has 1 aliphatic rings. The van der Waals surface area contributed by atoms with Gasteiger partial charge in [0, 0.05) is 30.9 Å². The molecule has 3 amide bonds. The molecule has 0 spiro atoms. The third-order valence-corrected chi connectivity index (χ3v) is 3.48. The van der Waals surface area contributed by atoms with Crippen molar-refractivity contribution in [2.24, 2.45) is 0 Å². The summed E-state index contributed by atoms with van der Waals surface area (Å²) in [5.74, 6) is -0.418. The zero-order chi connectivity index (χ0) is 16.7. The molecule has 1 aromatic carbocycles. The van der Waals surface area contributed by atoms with E-state index in [1.165, 1.54) is 30.3 Å². The number of carbonyl (C=O) groups excluding carboxylic acids is 2. The molecule has 1 aromatic rings. The Labute approximate surface area is 134 Å². The van der Waals surface area contributed by atoms with Crippen molar-refractivity contribution in [3.63, 3.8) is 0 Å². The Morgan fingerprint density at radius 3 is 2.70 bits per heavy atom. The van der Waals surface area contributed by atoms with Crippen LogP contribution in [0.4, 0.5) is 14.9 Å². The van der Waals surface area contributed by atoms with Crippen molar-refractivity contribution >= 4 is 17.6 Å². The number of hydrogen-bond acceptors (Lipinski definition) is 2. The smallest absolute Gasteiger partial charge is 0.319 e. The van der Waals surface area contributed by atoms with Crippen LogP contribution in [0.5, 0.6) is 0 Å². The number of anilines is 1. The average Bonchev–Trinajstić information content (AvgIpc) is 2.98. The molecule has 1 atom stereocenters. The van der Waals surface area contributed by atoms with Gasteiger partial charge in [-0.25, -0.2) is 9.18 Å². The Hall–Kier alpha value is -2.63. The van der Waals surface area contributed by atoms with E-state index in [0.29, 0.717) is 25.2 Å². The summed E-state index contributed by atoms with van der Waals surface area (Å²) in [7, 11) is 0. The Balaban J connectivity index is 1.79. The Morgan fingerprint density at radius 1 is 1.26 bits per heavy atom. The van der Waals surface area contributed by atoms with Crippen LogP contribution in [0.3, 0.4) is 0 Å². The van der Waals surface area contributed by atoms with E-state index in [0.717, 1.165) is 0 Å². The number of likely N-dealkylation sites (tertiary alicyclic amines) is 1. The predicted octanol–water partition coefficient (Wildman–Crippen LogP) is 2.68. The van der Waals surface area contributed by atoms with Crippen LogP contribution in [0.2, 0.25) is 0 Å². The van der Waals surface area contributed by atoms with E-state index in [2.05, 4.69) is 10.6 Å². The summed E-state index contributed by atoms with van der Waals surface area (Å²) in [5, 5.41) is 5.46. The van der Waals surface area contributed by atoms with Crippen LogP contribution in [0, 0.1) is 5.82 Å². The molecule has 0 saturated carbocycles. The normalized spacial score (nSPS) is 17.8. The maximum absolute atomic E-state index is 12.8. The Bertz CT molecular complexity index is 611. The van der Waals surface area contributed by atoms with Gasteiger partial charge in [0.05, 0.1) is 0 Å². The zero-order valence-electron chi connectivity index (χ0n) is 13.0. The van der Waals surface area contributed by atoms with Gasteiger partial charge in [0.25, 0.3) is 0 Å². The predicted molar refractivity (Wildman–Crippen MR) is 87.5 cm³/mol. The third-order valence-electron chi connectivity index (χ3n) is 3.48. The molecule has 0 radical (unpaired) electrons. The zero-order valence-corrected chi connectivity index (χ0v) is 13.0. The molecule has 1 aliphatic heterocycles. The molecule has 0 unspecified atom stereocenters. The SMILES string of the molecule is C/C=C/C=C\C(=O)N1CC[C@@H](NC(=O)Nc2ccc(F)cc2)C1. The van der Waals surface area contributed by atoms with Gasteiger partial charge in [0.2, 0.25) is 5.91 Å². The molecule has 5 nitrogen and oxygen atoms in total. The van der Waals surface area contributed by atoms with Crippen molar-refractivity contribution in [3.05, 3.63) is 54.4 Å². The van der Waals surface area contributed by atoms with E-state index >= 15 is 0 Å². The number of carbonyl (C=O) groups is 2. The largest absolute Gasteiger partial charge is 0.337 e. The minimum Gasteiger partial charge on any atom is -0.337 e. The van der Waals surface area contributed by atoms with Crippen LogP contribution in [0.15, 0.2) is 48.6 Å². The Morgan fingerprint density at radius 2 is 2.00 bits per heavy atom. The van der Waals surface area contributed by atoms with Crippen molar-refractivity contribution in [3.8, 4) is 0 Å².